The second-order valence-corrected chi connectivity index (χ2v) is 15.7. The lowest BCUT2D eigenvalue weighted by molar-refractivity contribution is -0.135. The first-order valence-corrected chi connectivity index (χ1v) is 19.7. The van der Waals surface area contributed by atoms with Crippen LogP contribution in [0.4, 0.5) is 20.2 Å². The lowest BCUT2D eigenvalue weighted by atomic mass is 9.84. The van der Waals surface area contributed by atoms with Crippen molar-refractivity contribution in [2.24, 2.45) is 13.0 Å². The average Bonchev–Trinajstić information content (AvgIpc) is 3.89. The number of anilines is 2. The number of benzene rings is 1. The zero-order chi connectivity index (χ0) is 39.4. The predicted octanol–water partition coefficient (Wildman–Crippen LogP) is 3.85. The van der Waals surface area contributed by atoms with Crippen molar-refractivity contribution < 1.29 is 27.9 Å². The zero-order valence-electron chi connectivity index (χ0n) is 31.6. The van der Waals surface area contributed by atoms with Gasteiger partial charge in [0, 0.05) is 57.7 Å². The maximum absolute atomic E-state index is 14.2. The fourth-order valence-electron chi connectivity index (χ4n) is 9.27. The van der Waals surface area contributed by atoms with Gasteiger partial charge >= 0.3 is 5.69 Å². The molecule has 9 rings (SSSR count). The van der Waals surface area contributed by atoms with Gasteiger partial charge in [0.2, 0.25) is 11.8 Å². The van der Waals surface area contributed by atoms with Crippen LogP contribution < -0.4 is 21.2 Å². The highest BCUT2D eigenvalue weighted by Crippen LogP contribution is 2.38. The Bertz CT molecular complexity index is 2380. The molecule has 1 atom stereocenters. The van der Waals surface area contributed by atoms with Crippen LogP contribution in [0.5, 0.6) is 0 Å². The third kappa shape index (κ3) is 6.87. The number of halogens is 2. The van der Waals surface area contributed by atoms with Gasteiger partial charge in [0.05, 0.1) is 53.9 Å². The highest BCUT2D eigenvalue weighted by atomic mass is 19.3. The van der Waals surface area contributed by atoms with E-state index < -0.39 is 30.0 Å². The lowest BCUT2D eigenvalue weighted by Gasteiger charge is -2.47. The Morgan fingerprint density at radius 2 is 1.82 bits per heavy atom. The minimum Gasteiger partial charge on any atom is -0.378 e. The molecule has 7 heterocycles. The molecule has 4 aromatic heterocycles. The van der Waals surface area contributed by atoms with E-state index in [1.807, 2.05) is 18.2 Å². The number of hydrogen-bond acceptors (Lipinski definition) is 10. The topological polar surface area (TPSA) is 166 Å². The molecule has 1 aliphatic carbocycles. The van der Waals surface area contributed by atoms with Crippen LogP contribution >= 0.6 is 0 Å². The summed E-state index contributed by atoms with van der Waals surface area (Å²) < 4.78 is 40.2. The minimum absolute atomic E-state index is 0.0137. The fourth-order valence-corrected chi connectivity index (χ4v) is 9.27. The van der Waals surface area contributed by atoms with Gasteiger partial charge in [-0.05, 0) is 69.1 Å². The van der Waals surface area contributed by atoms with Gasteiger partial charge in [-0.1, -0.05) is 6.07 Å². The standard InChI is InChI=1S/C39H45F2N11O5/c1-47-34-29(4-2-5-30(34)52(39(47)56)31-10-11-32(53)45-38(31)55)48-16-12-24(13-17-48)49(26-21-57-22-26)19-23-6-8-25(9-7-23)51-20-28(33(46-51)35(40)41)44-37(54)27-18-43-50-15-3-14-42-36(27)50/h2-5,14-15,18,20,23-26,31,35H,6-13,16-17,19,21-22H2,1H3,(H,44,54)(H,45,53,55)/t23-,25-,31?. The van der Waals surface area contributed by atoms with Gasteiger partial charge in [0.25, 0.3) is 12.3 Å². The van der Waals surface area contributed by atoms with Crippen molar-refractivity contribution in [2.45, 2.75) is 82.0 Å². The second-order valence-electron chi connectivity index (χ2n) is 15.7. The monoisotopic (exact) mass is 785 g/mol. The van der Waals surface area contributed by atoms with E-state index in [4.69, 9.17) is 4.74 Å². The molecule has 1 unspecified atom stereocenters. The van der Waals surface area contributed by atoms with Gasteiger partial charge in [-0.2, -0.15) is 10.2 Å². The Balaban J connectivity index is 0.844. The molecule has 3 aliphatic heterocycles. The van der Waals surface area contributed by atoms with Crippen molar-refractivity contribution in [1.82, 2.24) is 43.7 Å². The Morgan fingerprint density at radius 1 is 1.04 bits per heavy atom. The molecule has 18 heteroatoms. The summed E-state index contributed by atoms with van der Waals surface area (Å²) in [5.74, 6) is -0.911. The van der Waals surface area contributed by atoms with Gasteiger partial charge in [0.1, 0.15) is 11.6 Å². The van der Waals surface area contributed by atoms with Crippen molar-refractivity contribution in [3.05, 3.63) is 70.8 Å². The largest absolute Gasteiger partial charge is 0.378 e. The first-order valence-electron chi connectivity index (χ1n) is 19.7. The number of carbonyl (C=O) groups excluding carboxylic acids is 3. The number of imidazole rings is 1. The van der Waals surface area contributed by atoms with Crippen molar-refractivity contribution in [3.8, 4) is 0 Å². The van der Waals surface area contributed by atoms with Crippen LogP contribution in [0, 0.1) is 5.92 Å². The number of carbonyl (C=O) groups is 3. The van der Waals surface area contributed by atoms with Crippen LogP contribution in [0.25, 0.3) is 16.7 Å². The third-order valence-corrected chi connectivity index (χ3v) is 12.4. The van der Waals surface area contributed by atoms with Crippen molar-refractivity contribution in [2.75, 3.05) is 43.1 Å². The third-order valence-electron chi connectivity index (χ3n) is 12.4. The highest BCUT2D eigenvalue weighted by molar-refractivity contribution is 6.08. The van der Waals surface area contributed by atoms with Crippen molar-refractivity contribution in [1.29, 1.82) is 0 Å². The molecule has 1 aromatic carbocycles. The summed E-state index contributed by atoms with van der Waals surface area (Å²) in [7, 11) is 1.74. The molecule has 0 spiro atoms. The Hall–Kier alpha value is -5.49. The number of fused-ring (bicyclic) bond motifs is 2. The molecule has 4 fully saturated rings. The molecule has 5 aromatic rings. The molecule has 3 saturated heterocycles. The first-order chi connectivity index (χ1) is 27.6. The normalized spacial score (nSPS) is 22.5. The summed E-state index contributed by atoms with van der Waals surface area (Å²) in [6, 6.07) is 7.42. The number of nitrogens with one attached hydrogen (secondary N) is 2. The van der Waals surface area contributed by atoms with E-state index in [2.05, 4.69) is 35.6 Å². The van der Waals surface area contributed by atoms with E-state index in [0.717, 1.165) is 69.4 Å². The molecule has 16 nitrogen and oxygen atoms in total. The lowest BCUT2D eigenvalue weighted by Crippen LogP contribution is -2.57. The van der Waals surface area contributed by atoms with Crippen LogP contribution in [0.3, 0.4) is 0 Å². The minimum atomic E-state index is -2.86. The van der Waals surface area contributed by atoms with Crippen LogP contribution in [-0.4, -0.2) is 101 Å². The van der Waals surface area contributed by atoms with Gasteiger partial charge in [0.15, 0.2) is 11.3 Å². The van der Waals surface area contributed by atoms with Gasteiger partial charge in [-0.15, -0.1) is 0 Å². The summed E-state index contributed by atoms with van der Waals surface area (Å²) in [4.78, 5) is 60.4. The molecular formula is C39H45F2N11O5. The van der Waals surface area contributed by atoms with E-state index in [1.54, 1.807) is 28.6 Å². The van der Waals surface area contributed by atoms with E-state index >= 15 is 0 Å². The molecular weight excluding hydrogens is 740 g/mol. The van der Waals surface area contributed by atoms with E-state index in [-0.39, 0.29) is 41.7 Å². The summed E-state index contributed by atoms with van der Waals surface area (Å²) in [5.41, 5.74) is 2.19. The number of para-hydroxylation sites is 1. The van der Waals surface area contributed by atoms with Crippen molar-refractivity contribution >= 4 is 45.8 Å². The van der Waals surface area contributed by atoms with Crippen LogP contribution in [-0.2, 0) is 21.4 Å². The smallest absolute Gasteiger partial charge is 0.329 e. The maximum Gasteiger partial charge on any atom is 0.329 e. The summed E-state index contributed by atoms with van der Waals surface area (Å²) >= 11 is 0. The summed E-state index contributed by atoms with van der Waals surface area (Å²) in [6.45, 7) is 3.94. The van der Waals surface area contributed by atoms with Crippen LogP contribution in [0.2, 0.25) is 0 Å². The molecule has 0 bridgehead atoms. The number of hydrogen-bond donors (Lipinski definition) is 2. The van der Waals surface area contributed by atoms with Crippen molar-refractivity contribution in [3.63, 3.8) is 0 Å². The fraction of sp³-hybridized carbons (Fsp3) is 0.513. The molecule has 4 aliphatic rings. The number of ether oxygens (including phenoxy) is 1. The van der Waals surface area contributed by atoms with Gasteiger partial charge in [-0.3, -0.25) is 38.4 Å². The maximum atomic E-state index is 14.2. The highest BCUT2D eigenvalue weighted by Gasteiger charge is 2.37. The van der Waals surface area contributed by atoms with E-state index in [0.29, 0.717) is 42.4 Å². The number of imide groups is 1. The second kappa shape index (κ2) is 15.1. The van der Waals surface area contributed by atoms with Gasteiger partial charge in [-0.25, -0.2) is 23.1 Å². The molecule has 57 heavy (non-hydrogen) atoms. The van der Waals surface area contributed by atoms with Crippen LogP contribution in [0.15, 0.2) is 53.8 Å². The van der Waals surface area contributed by atoms with E-state index in [9.17, 15) is 28.0 Å². The molecule has 300 valence electrons. The Kier molecular flexibility index (Phi) is 9.84. The number of nitrogens with zero attached hydrogens (tertiary/aromatic N) is 9. The van der Waals surface area contributed by atoms with Crippen LogP contribution in [0.1, 0.15) is 85.9 Å². The number of rotatable bonds is 10. The number of amides is 3. The molecule has 2 N–H and O–H groups in total. The number of aromatic nitrogens is 7. The molecule has 1 saturated carbocycles. The number of piperidine rings is 2. The SMILES string of the molecule is Cn1c(=O)n(C2CCC(=O)NC2=O)c2cccc(N3CCC(N(C[C@H]4CC[C@H](n5cc(NC(=O)c6cnn7cccnc67)c(C(F)F)n5)CC4)C4COC4)CC3)c21. The summed E-state index contributed by atoms with van der Waals surface area (Å²) in [5, 5.41) is 13.4. The number of aryl methyl sites for hydroxylation is 1. The summed E-state index contributed by atoms with van der Waals surface area (Å²) in [6.07, 6.45) is 9.00. The molecule has 3 amide bonds. The average molecular weight is 786 g/mol. The van der Waals surface area contributed by atoms with Gasteiger partial charge < -0.3 is 15.0 Å². The quantitative estimate of drug-likeness (QED) is 0.199. The van der Waals surface area contributed by atoms with E-state index in [1.165, 1.54) is 27.7 Å². The number of alkyl halides is 2. The first kappa shape index (κ1) is 37.1. The molecule has 0 radical (unpaired) electrons. The zero-order valence-corrected chi connectivity index (χ0v) is 31.6. The Morgan fingerprint density at radius 3 is 2.54 bits per heavy atom. The predicted molar refractivity (Wildman–Crippen MR) is 204 cm³/mol. The Labute approximate surface area is 325 Å².